The summed E-state index contributed by atoms with van der Waals surface area (Å²) in [6.07, 6.45) is -3.80. The zero-order chi connectivity index (χ0) is 13.3. The van der Waals surface area contributed by atoms with Gasteiger partial charge in [-0.05, 0) is 13.0 Å². The van der Waals surface area contributed by atoms with Crippen molar-refractivity contribution in [3.05, 3.63) is 28.5 Å². The smallest absolute Gasteiger partial charge is 0.372 e. The van der Waals surface area contributed by atoms with Gasteiger partial charge in [0, 0.05) is 25.4 Å². The minimum Gasteiger partial charge on any atom is -0.372 e. The molecule has 1 aromatic rings. The van der Waals surface area contributed by atoms with Crippen molar-refractivity contribution >= 4 is 11.6 Å². The molecule has 1 atom stereocenters. The first-order valence-corrected chi connectivity index (χ1v) is 5.11. The van der Waals surface area contributed by atoms with Crippen LogP contribution in [0.4, 0.5) is 13.2 Å². The molecule has 0 spiro atoms. The van der Waals surface area contributed by atoms with Gasteiger partial charge in [0.25, 0.3) is 0 Å². The normalized spacial score (nSPS) is 15.7. The third-order valence-electron chi connectivity index (χ3n) is 2.58. The molecular formula is C10H12ClF3N2O. The van der Waals surface area contributed by atoms with Crippen LogP contribution in [0.3, 0.4) is 0 Å². The van der Waals surface area contributed by atoms with Gasteiger partial charge in [-0.25, -0.2) is 4.98 Å². The first kappa shape index (κ1) is 14.2. The molecule has 17 heavy (non-hydrogen) atoms. The molecule has 96 valence electrons. The van der Waals surface area contributed by atoms with E-state index >= 15 is 0 Å². The molecule has 0 fully saturated rings. The maximum atomic E-state index is 12.5. The Morgan fingerprint density at radius 2 is 2.06 bits per heavy atom. The summed E-state index contributed by atoms with van der Waals surface area (Å²) in [5.74, 6) is 0. The second-order valence-corrected chi connectivity index (χ2v) is 4.06. The summed E-state index contributed by atoms with van der Waals surface area (Å²) in [6, 6.07) is 0.908. The van der Waals surface area contributed by atoms with Crippen LogP contribution in [0.5, 0.6) is 0 Å². The summed E-state index contributed by atoms with van der Waals surface area (Å²) in [6.45, 7) is 1.54. The average Bonchev–Trinajstić information content (AvgIpc) is 2.27. The van der Waals surface area contributed by atoms with Crippen LogP contribution in [-0.4, -0.2) is 18.6 Å². The van der Waals surface area contributed by atoms with Crippen molar-refractivity contribution in [3.8, 4) is 0 Å². The highest BCUT2D eigenvalue weighted by atomic mass is 35.5. The Morgan fingerprint density at radius 1 is 1.47 bits per heavy atom. The molecule has 0 aliphatic heterocycles. The van der Waals surface area contributed by atoms with Gasteiger partial charge in [0.05, 0.1) is 5.56 Å². The van der Waals surface area contributed by atoms with Crippen LogP contribution in [0.2, 0.25) is 5.15 Å². The van der Waals surface area contributed by atoms with E-state index in [4.69, 9.17) is 22.1 Å². The Labute approximate surface area is 102 Å². The fraction of sp³-hybridized carbons (Fsp3) is 0.500. The Bertz CT molecular complexity index is 405. The Morgan fingerprint density at radius 3 is 2.47 bits per heavy atom. The highest BCUT2D eigenvalue weighted by molar-refractivity contribution is 6.30. The second-order valence-electron chi connectivity index (χ2n) is 3.70. The molecule has 0 saturated carbocycles. The maximum absolute atomic E-state index is 12.5. The summed E-state index contributed by atoms with van der Waals surface area (Å²) in [5.41, 5.74) is 3.64. The van der Waals surface area contributed by atoms with Gasteiger partial charge in [-0.1, -0.05) is 11.6 Å². The minimum absolute atomic E-state index is 0.00773. The van der Waals surface area contributed by atoms with E-state index in [0.29, 0.717) is 6.20 Å². The zero-order valence-electron chi connectivity index (χ0n) is 9.31. The third kappa shape index (κ3) is 2.88. The fourth-order valence-corrected chi connectivity index (χ4v) is 1.58. The van der Waals surface area contributed by atoms with Gasteiger partial charge in [-0.2, -0.15) is 13.2 Å². The standard InChI is InChI=1S/C10H12ClF3N2O/c1-9(5-15,17-2)7-3-6(10(12,13)14)4-16-8(7)11/h3-4H,5,15H2,1-2H3. The zero-order valence-corrected chi connectivity index (χ0v) is 10.1. The van der Waals surface area contributed by atoms with Crippen molar-refractivity contribution in [1.82, 2.24) is 4.98 Å². The molecule has 0 bridgehead atoms. The lowest BCUT2D eigenvalue weighted by atomic mass is 9.96. The molecule has 0 saturated heterocycles. The number of hydrogen-bond donors (Lipinski definition) is 1. The number of nitrogens with zero attached hydrogens (tertiary/aromatic N) is 1. The molecule has 0 aliphatic carbocycles. The largest absolute Gasteiger partial charge is 0.417 e. The molecule has 7 heteroatoms. The molecule has 3 nitrogen and oxygen atoms in total. The van der Waals surface area contributed by atoms with Crippen LogP contribution in [0.15, 0.2) is 12.3 Å². The van der Waals surface area contributed by atoms with Crippen molar-refractivity contribution in [3.63, 3.8) is 0 Å². The molecular weight excluding hydrogens is 257 g/mol. The number of pyridine rings is 1. The topological polar surface area (TPSA) is 48.1 Å². The van der Waals surface area contributed by atoms with Crippen LogP contribution in [-0.2, 0) is 16.5 Å². The van der Waals surface area contributed by atoms with Crippen molar-refractivity contribution in [2.45, 2.75) is 18.7 Å². The number of methoxy groups -OCH3 is 1. The van der Waals surface area contributed by atoms with Crippen LogP contribution in [0.25, 0.3) is 0 Å². The number of aromatic nitrogens is 1. The van der Waals surface area contributed by atoms with Gasteiger partial charge in [0.2, 0.25) is 0 Å². The van der Waals surface area contributed by atoms with Gasteiger partial charge in [-0.3, -0.25) is 0 Å². The molecule has 1 unspecified atom stereocenters. The average molecular weight is 269 g/mol. The van der Waals surface area contributed by atoms with Crippen LogP contribution < -0.4 is 5.73 Å². The molecule has 1 heterocycles. The van der Waals surface area contributed by atoms with E-state index in [1.807, 2.05) is 0 Å². The molecule has 1 rings (SSSR count). The first-order valence-electron chi connectivity index (χ1n) is 4.73. The summed E-state index contributed by atoms with van der Waals surface area (Å²) < 4.78 is 42.7. The molecule has 0 radical (unpaired) electrons. The van der Waals surface area contributed by atoms with E-state index in [9.17, 15) is 13.2 Å². The van der Waals surface area contributed by atoms with Crippen LogP contribution in [0.1, 0.15) is 18.1 Å². The molecule has 0 aliphatic rings. The summed E-state index contributed by atoms with van der Waals surface area (Å²) in [5, 5.41) is -0.0483. The van der Waals surface area contributed by atoms with Gasteiger partial charge in [0.15, 0.2) is 0 Å². The van der Waals surface area contributed by atoms with E-state index in [-0.39, 0.29) is 17.3 Å². The summed E-state index contributed by atoms with van der Waals surface area (Å²) in [4.78, 5) is 3.52. The lowest BCUT2D eigenvalue weighted by Crippen LogP contribution is -2.34. The fourth-order valence-electron chi connectivity index (χ4n) is 1.28. The SMILES string of the molecule is COC(C)(CN)c1cc(C(F)(F)F)cnc1Cl. The molecule has 0 aromatic carbocycles. The van der Waals surface area contributed by atoms with Gasteiger partial charge >= 0.3 is 6.18 Å². The van der Waals surface area contributed by atoms with Crippen molar-refractivity contribution in [2.24, 2.45) is 5.73 Å². The Hall–Kier alpha value is -0.850. The van der Waals surface area contributed by atoms with Crippen molar-refractivity contribution in [2.75, 3.05) is 13.7 Å². The lowest BCUT2D eigenvalue weighted by molar-refractivity contribution is -0.138. The Balaban J connectivity index is 3.33. The predicted octanol–water partition coefficient (Wildman–Crippen LogP) is 2.57. The number of hydrogen-bond acceptors (Lipinski definition) is 3. The van der Waals surface area contributed by atoms with E-state index in [1.165, 1.54) is 7.11 Å². The van der Waals surface area contributed by atoms with Crippen LogP contribution >= 0.6 is 11.6 Å². The van der Waals surface area contributed by atoms with Gasteiger partial charge in [-0.15, -0.1) is 0 Å². The predicted molar refractivity (Wildman–Crippen MR) is 57.7 cm³/mol. The molecule has 2 N–H and O–H groups in total. The van der Waals surface area contributed by atoms with E-state index < -0.39 is 17.3 Å². The van der Waals surface area contributed by atoms with E-state index in [1.54, 1.807) is 6.92 Å². The minimum atomic E-state index is -4.48. The summed E-state index contributed by atoms with van der Waals surface area (Å²) >= 11 is 5.77. The summed E-state index contributed by atoms with van der Waals surface area (Å²) in [7, 11) is 1.35. The number of rotatable bonds is 3. The van der Waals surface area contributed by atoms with Crippen molar-refractivity contribution < 1.29 is 17.9 Å². The van der Waals surface area contributed by atoms with Crippen molar-refractivity contribution in [1.29, 1.82) is 0 Å². The highest BCUT2D eigenvalue weighted by Crippen LogP contribution is 2.35. The monoisotopic (exact) mass is 268 g/mol. The van der Waals surface area contributed by atoms with Gasteiger partial charge in [0.1, 0.15) is 10.8 Å². The number of halogens is 4. The quantitative estimate of drug-likeness (QED) is 0.857. The first-order chi connectivity index (χ1) is 7.74. The maximum Gasteiger partial charge on any atom is 0.417 e. The Kier molecular flexibility index (Phi) is 4.01. The van der Waals surface area contributed by atoms with Gasteiger partial charge < -0.3 is 10.5 Å². The number of nitrogens with two attached hydrogens (primary N) is 1. The number of ether oxygens (including phenoxy) is 1. The lowest BCUT2D eigenvalue weighted by Gasteiger charge is -2.28. The second kappa shape index (κ2) is 4.80. The molecule has 0 amide bonds. The van der Waals surface area contributed by atoms with E-state index in [0.717, 1.165) is 6.07 Å². The third-order valence-corrected chi connectivity index (χ3v) is 2.88. The van der Waals surface area contributed by atoms with Crippen LogP contribution in [0, 0.1) is 0 Å². The number of alkyl halides is 3. The molecule has 1 aromatic heterocycles. The van der Waals surface area contributed by atoms with E-state index in [2.05, 4.69) is 4.98 Å². The highest BCUT2D eigenvalue weighted by Gasteiger charge is 2.35.